The van der Waals surface area contributed by atoms with E-state index in [1.165, 1.54) is 18.2 Å². The van der Waals surface area contributed by atoms with Crippen LogP contribution in [0.25, 0.3) is 0 Å². The van der Waals surface area contributed by atoms with E-state index in [-0.39, 0.29) is 25.2 Å². The number of nitrogens with two attached hydrogens (primary N) is 2. The third kappa shape index (κ3) is 6.77. The maximum absolute atomic E-state index is 12.8. The zero-order chi connectivity index (χ0) is 23.8. The number of likely N-dealkylation sites (tertiary alicyclic amines) is 1. The van der Waals surface area contributed by atoms with E-state index in [1.807, 2.05) is 0 Å². The molecule has 13 nitrogen and oxygen atoms in total. The van der Waals surface area contributed by atoms with E-state index in [9.17, 15) is 29.1 Å². The minimum absolute atomic E-state index is 0.170. The Bertz CT molecular complexity index is 843. The average Bonchev–Trinajstić information content (AvgIpc) is 3.41. The molecule has 1 fully saturated rings. The van der Waals surface area contributed by atoms with Crippen molar-refractivity contribution in [2.45, 2.75) is 63.2 Å². The summed E-state index contributed by atoms with van der Waals surface area (Å²) in [6, 6.07) is -4.02. The van der Waals surface area contributed by atoms with Gasteiger partial charge < -0.3 is 37.1 Å². The first-order valence-electron chi connectivity index (χ1n) is 10.2. The number of H-pyrrole nitrogens is 1. The summed E-state index contributed by atoms with van der Waals surface area (Å²) in [5, 5.41) is 14.0. The van der Waals surface area contributed by atoms with Gasteiger partial charge in [-0.25, -0.2) is 9.78 Å². The molecule has 1 aromatic rings. The Balaban J connectivity index is 1.92. The maximum atomic E-state index is 12.8. The highest BCUT2D eigenvalue weighted by Gasteiger charge is 2.37. The third-order valence-electron chi connectivity index (χ3n) is 5.20. The van der Waals surface area contributed by atoms with Crippen LogP contribution in [0.1, 0.15) is 38.3 Å². The van der Waals surface area contributed by atoms with Crippen LogP contribution in [-0.4, -0.2) is 80.3 Å². The van der Waals surface area contributed by atoms with Gasteiger partial charge >= 0.3 is 5.97 Å². The fourth-order valence-corrected chi connectivity index (χ4v) is 3.45. The van der Waals surface area contributed by atoms with Crippen LogP contribution < -0.4 is 22.1 Å². The molecule has 2 rings (SSSR count). The van der Waals surface area contributed by atoms with Crippen LogP contribution in [0.2, 0.25) is 0 Å². The molecule has 0 aromatic carbocycles. The van der Waals surface area contributed by atoms with Gasteiger partial charge in [0.25, 0.3) is 0 Å². The van der Waals surface area contributed by atoms with Gasteiger partial charge in [-0.05, 0) is 26.2 Å². The smallest absolute Gasteiger partial charge is 0.326 e. The summed E-state index contributed by atoms with van der Waals surface area (Å²) in [4.78, 5) is 68.1. The van der Waals surface area contributed by atoms with Crippen molar-refractivity contribution >= 4 is 29.6 Å². The van der Waals surface area contributed by atoms with E-state index >= 15 is 0 Å². The molecule has 0 bridgehead atoms. The molecule has 0 saturated carbocycles. The van der Waals surface area contributed by atoms with Crippen LogP contribution in [0.3, 0.4) is 0 Å². The number of carbonyl (C=O) groups is 5. The number of carbonyl (C=O) groups excluding carboxylic acids is 4. The van der Waals surface area contributed by atoms with E-state index in [0.29, 0.717) is 25.1 Å². The summed E-state index contributed by atoms with van der Waals surface area (Å²) >= 11 is 0. The van der Waals surface area contributed by atoms with Crippen molar-refractivity contribution in [2.75, 3.05) is 6.54 Å². The highest BCUT2D eigenvalue weighted by Crippen LogP contribution is 2.19. The number of rotatable bonds is 11. The standard InChI is InChI=1S/C19H29N7O6/c1-10(16(28)25-13(19(31)32)4-5-15(21)27)24-17(29)14-3-2-6-26(14)18(30)12(20)7-11-8-22-9-23-11/h8-10,12-14H,2-7,20H2,1H3,(H2,21,27)(H,22,23)(H,24,29)(H,25,28)(H,31,32). The van der Waals surface area contributed by atoms with Gasteiger partial charge in [0, 0.05) is 31.3 Å². The Morgan fingerprint density at radius 1 is 1.31 bits per heavy atom. The number of nitrogens with one attached hydrogen (secondary N) is 3. The molecule has 176 valence electrons. The average molecular weight is 451 g/mol. The molecule has 4 unspecified atom stereocenters. The Hall–Kier alpha value is -3.48. The number of aromatic amines is 1. The molecule has 8 N–H and O–H groups in total. The van der Waals surface area contributed by atoms with Gasteiger partial charge in [-0.1, -0.05) is 0 Å². The summed E-state index contributed by atoms with van der Waals surface area (Å²) < 4.78 is 0. The number of hydrogen-bond donors (Lipinski definition) is 6. The molecule has 13 heteroatoms. The first kappa shape index (κ1) is 24.8. The lowest BCUT2D eigenvalue weighted by molar-refractivity contribution is -0.143. The summed E-state index contributed by atoms with van der Waals surface area (Å²) in [6.45, 7) is 1.76. The van der Waals surface area contributed by atoms with Gasteiger partial charge in [-0.2, -0.15) is 0 Å². The molecule has 4 amide bonds. The van der Waals surface area contributed by atoms with Crippen molar-refractivity contribution in [3.05, 3.63) is 18.2 Å². The van der Waals surface area contributed by atoms with E-state index in [2.05, 4.69) is 20.6 Å². The lowest BCUT2D eigenvalue weighted by Gasteiger charge is -2.27. The highest BCUT2D eigenvalue weighted by molar-refractivity contribution is 5.94. The molecular formula is C19H29N7O6. The molecular weight excluding hydrogens is 422 g/mol. The van der Waals surface area contributed by atoms with Crippen LogP contribution >= 0.6 is 0 Å². The SMILES string of the molecule is CC(NC(=O)C1CCCN1C(=O)C(N)Cc1cnc[nH]1)C(=O)NC(CCC(N)=O)C(=O)O. The molecule has 2 heterocycles. The Kier molecular flexibility index (Phi) is 8.70. The number of imidazole rings is 1. The minimum atomic E-state index is -1.32. The molecule has 32 heavy (non-hydrogen) atoms. The summed E-state index contributed by atoms with van der Waals surface area (Å²) in [5.41, 5.74) is 11.7. The van der Waals surface area contributed by atoms with E-state index in [0.717, 1.165) is 0 Å². The molecule has 4 atom stereocenters. The van der Waals surface area contributed by atoms with Crippen molar-refractivity contribution in [3.8, 4) is 0 Å². The van der Waals surface area contributed by atoms with Gasteiger partial charge in [-0.3, -0.25) is 19.2 Å². The summed E-state index contributed by atoms with van der Waals surface area (Å²) in [7, 11) is 0. The van der Waals surface area contributed by atoms with Crippen LogP contribution in [0.15, 0.2) is 12.5 Å². The molecule has 1 saturated heterocycles. The number of hydrogen-bond acceptors (Lipinski definition) is 7. The van der Waals surface area contributed by atoms with Crippen molar-refractivity contribution < 1.29 is 29.1 Å². The first-order valence-corrected chi connectivity index (χ1v) is 10.2. The number of carboxylic acid groups (broad SMARTS) is 1. The zero-order valence-electron chi connectivity index (χ0n) is 17.7. The minimum Gasteiger partial charge on any atom is -0.480 e. The quantitative estimate of drug-likeness (QED) is 0.213. The van der Waals surface area contributed by atoms with E-state index in [4.69, 9.17) is 11.5 Å². The number of carboxylic acids is 1. The summed E-state index contributed by atoms with van der Waals surface area (Å²) in [5.74, 6) is -3.66. The predicted molar refractivity (Wildman–Crippen MR) is 111 cm³/mol. The zero-order valence-corrected chi connectivity index (χ0v) is 17.7. The molecule has 0 radical (unpaired) electrons. The van der Waals surface area contributed by atoms with Crippen molar-refractivity contribution in [1.82, 2.24) is 25.5 Å². The lowest BCUT2D eigenvalue weighted by atomic mass is 10.1. The maximum Gasteiger partial charge on any atom is 0.326 e. The third-order valence-corrected chi connectivity index (χ3v) is 5.20. The highest BCUT2D eigenvalue weighted by atomic mass is 16.4. The normalized spacial score (nSPS) is 18.4. The second-order valence-electron chi connectivity index (χ2n) is 7.71. The van der Waals surface area contributed by atoms with Crippen LogP contribution in [0.4, 0.5) is 0 Å². The second-order valence-corrected chi connectivity index (χ2v) is 7.71. The summed E-state index contributed by atoms with van der Waals surface area (Å²) in [6.07, 6.45) is 3.92. The second kappa shape index (κ2) is 11.2. The lowest BCUT2D eigenvalue weighted by Crippen LogP contribution is -2.56. The molecule has 0 spiro atoms. The number of amides is 4. The molecule has 0 aliphatic carbocycles. The Labute approximate surface area is 184 Å². The van der Waals surface area contributed by atoms with Crippen molar-refractivity contribution in [2.24, 2.45) is 11.5 Å². The molecule has 1 aliphatic heterocycles. The van der Waals surface area contributed by atoms with Gasteiger partial charge in [0.05, 0.1) is 12.4 Å². The van der Waals surface area contributed by atoms with E-state index in [1.54, 1.807) is 6.20 Å². The van der Waals surface area contributed by atoms with Crippen LogP contribution in [-0.2, 0) is 30.4 Å². The number of aromatic nitrogens is 2. The molecule has 1 aliphatic rings. The topological polar surface area (TPSA) is 214 Å². The fourth-order valence-electron chi connectivity index (χ4n) is 3.45. The first-order chi connectivity index (χ1) is 15.1. The Morgan fingerprint density at radius 2 is 2.03 bits per heavy atom. The number of nitrogens with zero attached hydrogens (tertiary/aromatic N) is 2. The molecule has 1 aromatic heterocycles. The fraction of sp³-hybridized carbons (Fsp3) is 0.579. The van der Waals surface area contributed by atoms with E-state index < -0.39 is 47.9 Å². The van der Waals surface area contributed by atoms with Crippen molar-refractivity contribution in [3.63, 3.8) is 0 Å². The number of aliphatic carboxylic acids is 1. The van der Waals surface area contributed by atoms with Gasteiger partial charge in [0.1, 0.15) is 18.1 Å². The van der Waals surface area contributed by atoms with Crippen LogP contribution in [0.5, 0.6) is 0 Å². The predicted octanol–water partition coefficient (Wildman–Crippen LogP) is -2.39. The monoisotopic (exact) mass is 451 g/mol. The van der Waals surface area contributed by atoms with Gasteiger partial charge in [-0.15, -0.1) is 0 Å². The Morgan fingerprint density at radius 3 is 2.62 bits per heavy atom. The van der Waals surface area contributed by atoms with Crippen LogP contribution in [0, 0.1) is 0 Å². The number of primary amides is 1. The largest absolute Gasteiger partial charge is 0.480 e. The van der Waals surface area contributed by atoms with Crippen molar-refractivity contribution in [1.29, 1.82) is 0 Å². The van der Waals surface area contributed by atoms with Gasteiger partial charge in [0.2, 0.25) is 23.6 Å². The van der Waals surface area contributed by atoms with Gasteiger partial charge in [0.15, 0.2) is 0 Å².